The van der Waals surface area contributed by atoms with Crippen LogP contribution in [0.15, 0.2) is 59.6 Å². The number of hydrogen-bond donors (Lipinski definition) is 2. The summed E-state index contributed by atoms with van der Waals surface area (Å²) in [5.74, 6) is 1.12. The maximum absolute atomic E-state index is 11.8. The third-order valence-electron chi connectivity index (χ3n) is 6.52. The lowest BCUT2D eigenvalue weighted by molar-refractivity contribution is -0.128. The number of carbonyl (C=O) groups is 1. The van der Waals surface area contributed by atoms with Gasteiger partial charge in [0.25, 0.3) is 0 Å². The van der Waals surface area contributed by atoms with Gasteiger partial charge in [-0.2, -0.15) is 0 Å². The summed E-state index contributed by atoms with van der Waals surface area (Å²) in [5, 5.41) is 7.05. The molecule has 2 aliphatic rings. The molecule has 0 spiro atoms. The number of nitrogens with zero attached hydrogens (tertiary/aromatic N) is 3. The molecule has 32 heavy (non-hydrogen) atoms. The molecule has 2 heterocycles. The van der Waals surface area contributed by atoms with Crippen LogP contribution >= 0.6 is 0 Å². The number of likely N-dealkylation sites (tertiary alicyclic amines) is 2. The fourth-order valence-corrected chi connectivity index (χ4v) is 4.67. The quantitative estimate of drug-likeness (QED) is 0.520. The van der Waals surface area contributed by atoms with Crippen molar-refractivity contribution in [1.29, 1.82) is 0 Å². The molecule has 2 fully saturated rings. The summed E-state index contributed by atoms with van der Waals surface area (Å²) in [7, 11) is 1.83. The van der Waals surface area contributed by atoms with Crippen LogP contribution in [0.4, 0.5) is 0 Å². The van der Waals surface area contributed by atoms with Crippen molar-refractivity contribution in [3.8, 4) is 0 Å². The average molecular weight is 434 g/mol. The van der Waals surface area contributed by atoms with Crippen molar-refractivity contribution in [2.45, 2.75) is 57.9 Å². The van der Waals surface area contributed by atoms with Crippen molar-refractivity contribution in [2.75, 3.05) is 20.1 Å². The van der Waals surface area contributed by atoms with Crippen molar-refractivity contribution < 1.29 is 4.79 Å². The SMILES string of the molecule is CN=C(NCc1ccc(CN2CCCC2=O)cc1)NC1CC(C)N(Cc2ccccc2)C1. The molecule has 0 saturated carbocycles. The Morgan fingerprint density at radius 3 is 2.44 bits per heavy atom. The molecule has 2 saturated heterocycles. The molecule has 6 nitrogen and oxygen atoms in total. The number of carbonyl (C=O) groups excluding carboxylic acids is 1. The van der Waals surface area contributed by atoms with E-state index < -0.39 is 0 Å². The number of hydrogen-bond acceptors (Lipinski definition) is 3. The number of benzene rings is 2. The van der Waals surface area contributed by atoms with Gasteiger partial charge in [0.2, 0.25) is 5.91 Å². The minimum atomic E-state index is 0.272. The van der Waals surface area contributed by atoms with E-state index in [1.54, 1.807) is 0 Å². The first kappa shape index (κ1) is 22.3. The summed E-state index contributed by atoms with van der Waals surface area (Å²) in [6.45, 7) is 6.63. The highest BCUT2D eigenvalue weighted by molar-refractivity contribution is 5.80. The number of amides is 1. The first-order chi connectivity index (χ1) is 15.6. The Bertz CT molecular complexity index is 912. The van der Waals surface area contributed by atoms with Crippen LogP contribution in [0.5, 0.6) is 0 Å². The topological polar surface area (TPSA) is 60.0 Å². The molecule has 6 heteroatoms. The molecule has 170 valence electrons. The van der Waals surface area contributed by atoms with Gasteiger partial charge in [-0.3, -0.25) is 14.7 Å². The number of guanidine groups is 1. The zero-order valence-corrected chi connectivity index (χ0v) is 19.3. The molecule has 2 N–H and O–H groups in total. The molecule has 1 amide bonds. The van der Waals surface area contributed by atoms with E-state index in [-0.39, 0.29) is 5.91 Å². The second-order valence-corrected chi connectivity index (χ2v) is 9.00. The third-order valence-corrected chi connectivity index (χ3v) is 6.52. The molecule has 2 aliphatic heterocycles. The van der Waals surface area contributed by atoms with E-state index in [1.165, 1.54) is 16.7 Å². The van der Waals surface area contributed by atoms with Crippen LogP contribution in [-0.4, -0.2) is 53.9 Å². The number of aliphatic imine (C=N–C) groups is 1. The van der Waals surface area contributed by atoms with Crippen LogP contribution in [0.25, 0.3) is 0 Å². The maximum Gasteiger partial charge on any atom is 0.222 e. The normalized spacial score (nSPS) is 21.9. The van der Waals surface area contributed by atoms with Crippen molar-refractivity contribution >= 4 is 11.9 Å². The van der Waals surface area contributed by atoms with E-state index >= 15 is 0 Å². The Kier molecular flexibility index (Phi) is 7.43. The van der Waals surface area contributed by atoms with Gasteiger partial charge >= 0.3 is 0 Å². The molecule has 2 aromatic carbocycles. The molecule has 0 radical (unpaired) electrons. The highest BCUT2D eigenvalue weighted by atomic mass is 16.2. The summed E-state index contributed by atoms with van der Waals surface area (Å²) >= 11 is 0. The Morgan fingerprint density at radius 1 is 1.03 bits per heavy atom. The first-order valence-electron chi connectivity index (χ1n) is 11.7. The standard InChI is InChI=1S/C26H35N5O/c1-20-15-24(19-31(20)18-22-7-4-3-5-8-22)29-26(27-2)28-16-21-10-12-23(13-11-21)17-30-14-6-9-25(30)32/h3-5,7-8,10-13,20,24H,6,9,14-19H2,1-2H3,(H2,27,28,29). The summed E-state index contributed by atoms with van der Waals surface area (Å²) in [6, 6.07) is 20.1. The predicted molar refractivity (Wildman–Crippen MR) is 129 cm³/mol. The highest BCUT2D eigenvalue weighted by Crippen LogP contribution is 2.20. The van der Waals surface area contributed by atoms with E-state index in [1.807, 2.05) is 11.9 Å². The van der Waals surface area contributed by atoms with Crippen molar-refractivity contribution in [2.24, 2.45) is 4.99 Å². The smallest absolute Gasteiger partial charge is 0.222 e. The van der Waals surface area contributed by atoms with Crippen molar-refractivity contribution in [3.63, 3.8) is 0 Å². The summed E-state index contributed by atoms with van der Waals surface area (Å²) in [5.41, 5.74) is 3.75. The average Bonchev–Trinajstić information content (AvgIpc) is 3.37. The van der Waals surface area contributed by atoms with E-state index in [9.17, 15) is 4.79 Å². The van der Waals surface area contributed by atoms with Gasteiger partial charge in [0.1, 0.15) is 0 Å². The summed E-state index contributed by atoms with van der Waals surface area (Å²) < 4.78 is 0. The Morgan fingerprint density at radius 2 is 1.75 bits per heavy atom. The van der Waals surface area contributed by atoms with Gasteiger partial charge in [-0.25, -0.2) is 0 Å². The van der Waals surface area contributed by atoms with Crippen molar-refractivity contribution in [1.82, 2.24) is 20.4 Å². The second kappa shape index (κ2) is 10.6. The lowest BCUT2D eigenvalue weighted by Gasteiger charge is -2.21. The van der Waals surface area contributed by atoms with Gasteiger partial charge in [0.05, 0.1) is 0 Å². The molecule has 2 aromatic rings. The van der Waals surface area contributed by atoms with Crippen LogP contribution in [0.3, 0.4) is 0 Å². The van der Waals surface area contributed by atoms with Crippen LogP contribution in [-0.2, 0) is 24.4 Å². The Labute approximate surface area is 191 Å². The van der Waals surface area contributed by atoms with Crippen LogP contribution < -0.4 is 10.6 Å². The molecule has 0 aliphatic carbocycles. The van der Waals surface area contributed by atoms with Gasteiger partial charge in [0, 0.05) is 58.3 Å². The largest absolute Gasteiger partial charge is 0.352 e. The molecule has 0 bridgehead atoms. The fraction of sp³-hybridized carbons (Fsp3) is 0.462. The number of nitrogens with one attached hydrogen (secondary N) is 2. The van der Waals surface area contributed by atoms with Gasteiger partial charge in [-0.15, -0.1) is 0 Å². The fourth-order valence-electron chi connectivity index (χ4n) is 4.67. The summed E-state index contributed by atoms with van der Waals surface area (Å²) in [4.78, 5) is 20.7. The van der Waals surface area contributed by atoms with Gasteiger partial charge in [0.15, 0.2) is 5.96 Å². The van der Waals surface area contributed by atoms with Crippen molar-refractivity contribution in [3.05, 3.63) is 71.3 Å². The van der Waals surface area contributed by atoms with Gasteiger partial charge in [-0.1, -0.05) is 54.6 Å². The minimum absolute atomic E-state index is 0.272. The number of rotatable bonds is 7. The molecular weight excluding hydrogens is 398 g/mol. The van der Waals surface area contributed by atoms with Crippen LogP contribution in [0.2, 0.25) is 0 Å². The molecule has 2 atom stereocenters. The maximum atomic E-state index is 11.8. The minimum Gasteiger partial charge on any atom is -0.352 e. The Balaban J connectivity index is 1.24. The van der Waals surface area contributed by atoms with Gasteiger partial charge in [-0.05, 0) is 36.5 Å². The summed E-state index contributed by atoms with van der Waals surface area (Å²) in [6.07, 6.45) is 2.78. The molecular formula is C26H35N5O. The van der Waals surface area contributed by atoms with E-state index in [4.69, 9.17) is 0 Å². The predicted octanol–water partition coefficient (Wildman–Crippen LogP) is 3.14. The van der Waals surface area contributed by atoms with Crippen LogP contribution in [0.1, 0.15) is 42.9 Å². The molecule has 0 aromatic heterocycles. The molecule has 4 rings (SSSR count). The highest BCUT2D eigenvalue weighted by Gasteiger charge is 2.29. The van der Waals surface area contributed by atoms with Gasteiger partial charge < -0.3 is 15.5 Å². The Hall–Kier alpha value is -2.86. The van der Waals surface area contributed by atoms with Crippen LogP contribution in [0, 0.1) is 0 Å². The first-order valence-corrected chi connectivity index (χ1v) is 11.7. The monoisotopic (exact) mass is 433 g/mol. The van der Waals surface area contributed by atoms with E-state index in [0.717, 1.165) is 51.5 Å². The zero-order valence-electron chi connectivity index (χ0n) is 19.3. The zero-order chi connectivity index (χ0) is 22.3. The lowest BCUT2D eigenvalue weighted by Crippen LogP contribution is -2.44. The molecule has 2 unspecified atom stereocenters. The third kappa shape index (κ3) is 5.88. The van der Waals surface area contributed by atoms with E-state index in [2.05, 4.69) is 82.0 Å². The second-order valence-electron chi connectivity index (χ2n) is 9.00. The lowest BCUT2D eigenvalue weighted by atomic mass is 10.1. The van der Waals surface area contributed by atoms with E-state index in [0.29, 0.717) is 18.5 Å².